The summed E-state index contributed by atoms with van der Waals surface area (Å²) in [5.41, 5.74) is -1.06. The van der Waals surface area contributed by atoms with E-state index in [9.17, 15) is 22.0 Å². The van der Waals surface area contributed by atoms with Crippen LogP contribution in [0.25, 0.3) is 0 Å². The highest BCUT2D eigenvalue weighted by Gasteiger charge is 2.28. The molecule has 0 unspecified atom stereocenters. The average molecular weight is 321 g/mol. The third kappa shape index (κ3) is 3.55. The molecule has 116 valence electrons. The largest absolute Gasteiger partial charge is 0.458 e. The molecule has 1 aliphatic rings. The molecule has 1 aliphatic heterocycles. The summed E-state index contributed by atoms with van der Waals surface area (Å²) in [6.45, 7) is 0.750. The van der Waals surface area contributed by atoms with E-state index in [1.807, 2.05) is 0 Å². The Morgan fingerprint density at radius 3 is 2.48 bits per heavy atom. The SMILES string of the molecule is NS(=O)(=O)c1ccc(F)c(C(=O)OC2CCOCC2)c1F. The first kappa shape index (κ1) is 15.8. The van der Waals surface area contributed by atoms with Crippen LogP contribution in [0.4, 0.5) is 8.78 Å². The Bertz CT molecular complexity index is 656. The number of ether oxygens (including phenoxy) is 2. The Hall–Kier alpha value is -1.58. The number of halogens is 2. The highest BCUT2D eigenvalue weighted by Crippen LogP contribution is 2.22. The monoisotopic (exact) mass is 321 g/mol. The maximum Gasteiger partial charge on any atom is 0.344 e. The van der Waals surface area contributed by atoms with Crippen LogP contribution in [-0.4, -0.2) is 33.7 Å². The lowest BCUT2D eigenvalue weighted by atomic mass is 10.1. The molecule has 2 N–H and O–H groups in total. The first-order valence-corrected chi connectivity index (χ1v) is 7.65. The van der Waals surface area contributed by atoms with Crippen molar-refractivity contribution in [3.05, 3.63) is 29.3 Å². The van der Waals surface area contributed by atoms with Gasteiger partial charge in [-0.15, -0.1) is 0 Å². The zero-order valence-electron chi connectivity index (χ0n) is 10.8. The topological polar surface area (TPSA) is 95.7 Å². The number of carbonyl (C=O) groups is 1. The van der Waals surface area contributed by atoms with Crippen LogP contribution in [0.1, 0.15) is 23.2 Å². The van der Waals surface area contributed by atoms with E-state index < -0.39 is 44.2 Å². The van der Waals surface area contributed by atoms with E-state index in [0.717, 1.165) is 0 Å². The molecule has 1 aromatic rings. The molecule has 1 fully saturated rings. The fourth-order valence-corrected chi connectivity index (χ4v) is 2.55. The van der Waals surface area contributed by atoms with E-state index in [1.54, 1.807) is 0 Å². The number of nitrogens with two attached hydrogens (primary N) is 1. The summed E-state index contributed by atoms with van der Waals surface area (Å²) >= 11 is 0. The van der Waals surface area contributed by atoms with Crippen LogP contribution in [-0.2, 0) is 19.5 Å². The minimum absolute atomic E-state index is 0.375. The lowest BCUT2D eigenvalue weighted by Crippen LogP contribution is -2.27. The molecule has 0 amide bonds. The van der Waals surface area contributed by atoms with Gasteiger partial charge in [0.05, 0.1) is 13.2 Å². The Morgan fingerprint density at radius 2 is 1.90 bits per heavy atom. The van der Waals surface area contributed by atoms with Gasteiger partial charge in [0.15, 0.2) is 5.82 Å². The molecule has 0 bridgehead atoms. The number of benzene rings is 1. The van der Waals surface area contributed by atoms with Crippen LogP contribution in [0.15, 0.2) is 17.0 Å². The Kier molecular flexibility index (Phi) is 4.55. The second-order valence-corrected chi connectivity index (χ2v) is 6.03. The van der Waals surface area contributed by atoms with Crippen LogP contribution < -0.4 is 5.14 Å². The third-order valence-electron chi connectivity index (χ3n) is 3.01. The van der Waals surface area contributed by atoms with Crippen LogP contribution in [0.3, 0.4) is 0 Å². The minimum Gasteiger partial charge on any atom is -0.458 e. The van der Waals surface area contributed by atoms with Gasteiger partial charge < -0.3 is 9.47 Å². The van der Waals surface area contributed by atoms with Crippen molar-refractivity contribution in [2.45, 2.75) is 23.8 Å². The van der Waals surface area contributed by atoms with Crippen molar-refractivity contribution < 1.29 is 31.5 Å². The van der Waals surface area contributed by atoms with Gasteiger partial charge in [-0.2, -0.15) is 0 Å². The van der Waals surface area contributed by atoms with Crippen molar-refractivity contribution in [1.82, 2.24) is 0 Å². The molecule has 0 saturated carbocycles. The van der Waals surface area contributed by atoms with Crippen molar-refractivity contribution >= 4 is 16.0 Å². The predicted molar refractivity (Wildman–Crippen MR) is 67.0 cm³/mol. The Labute approximate surface area is 119 Å². The molecule has 1 saturated heterocycles. The quantitative estimate of drug-likeness (QED) is 0.836. The van der Waals surface area contributed by atoms with Crippen molar-refractivity contribution in [2.24, 2.45) is 5.14 Å². The van der Waals surface area contributed by atoms with Gasteiger partial charge in [0.1, 0.15) is 22.4 Å². The van der Waals surface area contributed by atoms with Crippen molar-refractivity contribution in [3.8, 4) is 0 Å². The van der Waals surface area contributed by atoms with Crippen molar-refractivity contribution in [1.29, 1.82) is 0 Å². The molecule has 21 heavy (non-hydrogen) atoms. The number of hydrogen-bond acceptors (Lipinski definition) is 5. The number of sulfonamides is 1. The molecular formula is C12H13F2NO5S. The molecule has 1 heterocycles. The standard InChI is InChI=1S/C12H13F2NO5S/c13-8-1-2-9(21(15,17)18)11(14)10(8)12(16)20-7-3-5-19-6-4-7/h1-2,7H,3-6H2,(H2,15,17,18). The maximum atomic E-state index is 14.0. The van der Waals surface area contributed by atoms with Crippen molar-refractivity contribution in [2.75, 3.05) is 13.2 Å². The first-order valence-electron chi connectivity index (χ1n) is 6.10. The molecule has 6 nitrogen and oxygen atoms in total. The minimum atomic E-state index is -4.41. The zero-order chi connectivity index (χ0) is 15.6. The van der Waals surface area contributed by atoms with Gasteiger partial charge in [0.2, 0.25) is 10.0 Å². The molecule has 1 aromatic carbocycles. The summed E-state index contributed by atoms with van der Waals surface area (Å²) in [5, 5.41) is 4.80. The van der Waals surface area contributed by atoms with E-state index in [0.29, 0.717) is 38.2 Å². The lowest BCUT2D eigenvalue weighted by Gasteiger charge is -2.22. The summed E-state index contributed by atoms with van der Waals surface area (Å²) in [5.74, 6) is -4.02. The molecule has 0 aliphatic carbocycles. The van der Waals surface area contributed by atoms with Crippen LogP contribution >= 0.6 is 0 Å². The van der Waals surface area contributed by atoms with Gasteiger partial charge in [-0.3, -0.25) is 0 Å². The molecule has 2 rings (SSSR count). The van der Waals surface area contributed by atoms with Gasteiger partial charge in [0.25, 0.3) is 0 Å². The number of hydrogen-bond donors (Lipinski definition) is 1. The summed E-state index contributed by atoms with van der Waals surface area (Å²) in [4.78, 5) is 10.9. The molecular weight excluding hydrogens is 308 g/mol. The van der Waals surface area contributed by atoms with Gasteiger partial charge in [-0.1, -0.05) is 0 Å². The van der Waals surface area contributed by atoms with Crippen molar-refractivity contribution in [3.63, 3.8) is 0 Å². The molecule has 9 heteroatoms. The normalized spacial score (nSPS) is 16.7. The molecule has 0 atom stereocenters. The summed E-state index contributed by atoms with van der Waals surface area (Å²) in [7, 11) is -4.41. The Morgan fingerprint density at radius 1 is 1.29 bits per heavy atom. The Balaban J connectivity index is 2.32. The average Bonchev–Trinajstić information content (AvgIpc) is 2.38. The van der Waals surface area contributed by atoms with Gasteiger partial charge in [-0.05, 0) is 12.1 Å². The van der Waals surface area contributed by atoms with Crippen LogP contribution in [0.5, 0.6) is 0 Å². The fraction of sp³-hybridized carbons (Fsp3) is 0.417. The van der Waals surface area contributed by atoms with Crippen LogP contribution in [0, 0.1) is 11.6 Å². The first-order chi connectivity index (χ1) is 9.80. The molecule has 0 radical (unpaired) electrons. The second kappa shape index (κ2) is 6.04. The van der Waals surface area contributed by atoms with Gasteiger partial charge >= 0.3 is 5.97 Å². The van der Waals surface area contributed by atoms with E-state index in [2.05, 4.69) is 0 Å². The molecule has 0 spiro atoms. The summed E-state index contributed by atoms with van der Waals surface area (Å²) in [6.07, 6.45) is 0.288. The van der Waals surface area contributed by atoms with E-state index in [-0.39, 0.29) is 0 Å². The third-order valence-corrected chi connectivity index (χ3v) is 3.94. The summed E-state index contributed by atoms with van der Waals surface area (Å²) < 4.78 is 60.0. The van der Waals surface area contributed by atoms with Gasteiger partial charge in [-0.25, -0.2) is 27.1 Å². The maximum absolute atomic E-state index is 14.0. The number of rotatable bonds is 3. The number of carbonyl (C=O) groups excluding carboxylic acids is 1. The molecule has 0 aromatic heterocycles. The smallest absolute Gasteiger partial charge is 0.344 e. The highest BCUT2D eigenvalue weighted by atomic mass is 32.2. The van der Waals surface area contributed by atoms with E-state index in [4.69, 9.17) is 14.6 Å². The lowest BCUT2D eigenvalue weighted by molar-refractivity contribution is -0.0165. The number of primary sulfonamides is 1. The number of esters is 1. The van der Waals surface area contributed by atoms with E-state index in [1.165, 1.54) is 0 Å². The summed E-state index contributed by atoms with van der Waals surface area (Å²) in [6, 6.07) is 1.31. The van der Waals surface area contributed by atoms with E-state index >= 15 is 0 Å². The zero-order valence-corrected chi connectivity index (χ0v) is 11.7. The fourth-order valence-electron chi connectivity index (χ4n) is 1.94. The van der Waals surface area contributed by atoms with Crippen LogP contribution in [0.2, 0.25) is 0 Å². The highest BCUT2D eigenvalue weighted by molar-refractivity contribution is 7.89. The van der Waals surface area contributed by atoms with Gasteiger partial charge in [0, 0.05) is 12.8 Å². The predicted octanol–water partition coefficient (Wildman–Crippen LogP) is 0.948. The second-order valence-electron chi connectivity index (χ2n) is 4.50.